The molecule has 194 valence electrons. The number of methoxy groups -OCH3 is 2. The largest absolute Gasteiger partial charge is 0.468 e. The maximum Gasteiger partial charge on any atom is 0.341 e. The van der Waals surface area contributed by atoms with Crippen molar-refractivity contribution in [3.05, 3.63) is 103 Å². The van der Waals surface area contributed by atoms with Crippen LogP contribution in [0, 0.1) is 0 Å². The fraction of sp³-hybridized carbons (Fsp3) is 0.200. The van der Waals surface area contributed by atoms with Crippen LogP contribution in [-0.4, -0.2) is 45.1 Å². The van der Waals surface area contributed by atoms with Gasteiger partial charge in [0.05, 0.1) is 25.6 Å². The molecule has 0 bridgehead atoms. The SMILES string of the molecule is COC(=O)C1CCCn2cc(-c3ccccc3)nc21.COC(=O)c1cccn2cc(-c3ccccc3)nc12.[HH]. The third kappa shape index (κ3) is 5.06. The number of aryl methyl sites for hydroxylation is 1. The van der Waals surface area contributed by atoms with Crippen molar-refractivity contribution < 1.29 is 20.5 Å². The molecule has 0 saturated carbocycles. The Bertz CT molecular complexity index is 1560. The van der Waals surface area contributed by atoms with Crippen molar-refractivity contribution >= 4 is 17.6 Å². The summed E-state index contributed by atoms with van der Waals surface area (Å²) in [5, 5.41) is 0. The average Bonchev–Trinajstić information content (AvgIpc) is 3.62. The van der Waals surface area contributed by atoms with Gasteiger partial charge in [0.15, 0.2) is 5.65 Å². The number of esters is 2. The number of hydrogen-bond donors (Lipinski definition) is 0. The molecule has 1 aliphatic rings. The van der Waals surface area contributed by atoms with E-state index in [-0.39, 0.29) is 19.3 Å². The average molecular weight is 511 g/mol. The molecule has 3 aromatic heterocycles. The zero-order valence-electron chi connectivity index (χ0n) is 21.3. The summed E-state index contributed by atoms with van der Waals surface area (Å²) in [6, 6.07) is 23.4. The van der Waals surface area contributed by atoms with Crippen LogP contribution >= 0.6 is 0 Å². The molecule has 2 aromatic carbocycles. The highest BCUT2D eigenvalue weighted by Gasteiger charge is 2.30. The highest BCUT2D eigenvalue weighted by atomic mass is 16.5. The first-order valence-corrected chi connectivity index (χ1v) is 12.4. The molecular weight excluding hydrogens is 480 g/mol. The number of pyridine rings is 1. The third-order valence-electron chi connectivity index (χ3n) is 6.52. The van der Waals surface area contributed by atoms with Crippen LogP contribution in [0.5, 0.6) is 0 Å². The molecule has 8 heteroatoms. The Morgan fingerprint density at radius 1 is 0.842 bits per heavy atom. The normalized spacial score (nSPS) is 14.2. The number of rotatable bonds is 4. The Balaban J connectivity index is 0.000000176. The van der Waals surface area contributed by atoms with Crippen LogP contribution in [0.1, 0.15) is 36.4 Å². The second-order valence-corrected chi connectivity index (χ2v) is 8.90. The molecule has 8 nitrogen and oxygen atoms in total. The number of hydrogen-bond acceptors (Lipinski definition) is 6. The van der Waals surface area contributed by atoms with E-state index in [0.29, 0.717) is 11.2 Å². The molecule has 1 unspecified atom stereocenters. The lowest BCUT2D eigenvalue weighted by Gasteiger charge is -2.20. The molecule has 0 N–H and O–H groups in total. The monoisotopic (exact) mass is 510 g/mol. The van der Waals surface area contributed by atoms with Crippen molar-refractivity contribution in [2.75, 3.05) is 14.2 Å². The Kier molecular flexibility index (Phi) is 7.31. The molecule has 38 heavy (non-hydrogen) atoms. The molecule has 0 spiro atoms. The molecular formula is C30H30N4O4. The summed E-state index contributed by atoms with van der Waals surface area (Å²) in [6.45, 7) is 0.919. The van der Waals surface area contributed by atoms with E-state index in [9.17, 15) is 9.59 Å². The van der Waals surface area contributed by atoms with Crippen molar-refractivity contribution in [2.45, 2.75) is 25.3 Å². The predicted molar refractivity (Wildman–Crippen MR) is 146 cm³/mol. The van der Waals surface area contributed by atoms with Crippen molar-refractivity contribution in [3.63, 3.8) is 0 Å². The van der Waals surface area contributed by atoms with Gasteiger partial charge in [0.2, 0.25) is 0 Å². The molecule has 4 heterocycles. The minimum Gasteiger partial charge on any atom is -0.468 e. The first-order chi connectivity index (χ1) is 18.6. The second kappa shape index (κ2) is 11.1. The van der Waals surface area contributed by atoms with Crippen molar-refractivity contribution in [1.29, 1.82) is 0 Å². The zero-order chi connectivity index (χ0) is 26.5. The highest BCUT2D eigenvalue weighted by Crippen LogP contribution is 2.30. The molecule has 0 saturated heterocycles. The molecule has 1 aliphatic heterocycles. The van der Waals surface area contributed by atoms with E-state index in [2.05, 4.69) is 14.5 Å². The standard InChI is InChI=1S/C15H16N2O2.C15H12N2O2.H2/c2*1-19-15(18)12-8-5-9-17-10-13(16-14(12)17)11-6-3-2-4-7-11;/h2-4,6-7,10,12H,5,8-9H2,1H3;2-10H,1H3;1H. The summed E-state index contributed by atoms with van der Waals surface area (Å²) >= 11 is 0. The van der Waals surface area contributed by atoms with E-state index in [1.807, 2.05) is 83.7 Å². The van der Waals surface area contributed by atoms with Gasteiger partial charge < -0.3 is 18.4 Å². The molecule has 1 atom stereocenters. The highest BCUT2D eigenvalue weighted by molar-refractivity contribution is 5.96. The molecule has 0 fully saturated rings. The van der Waals surface area contributed by atoms with E-state index in [1.54, 1.807) is 12.1 Å². The van der Waals surface area contributed by atoms with Gasteiger partial charge in [-0.25, -0.2) is 14.8 Å². The first-order valence-electron chi connectivity index (χ1n) is 12.4. The van der Waals surface area contributed by atoms with Gasteiger partial charge in [-0.2, -0.15) is 0 Å². The van der Waals surface area contributed by atoms with Crippen molar-refractivity contribution in [1.82, 2.24) is 18.9 Å². The summed E-state index contributed by atoms with van der Waals surface area (Å²) < 4.78 is 13.5. The van der Waals surface area contributed by atoms with Crippen LogP contribution in [-0.2, 0) is 20.8 Å². The van der Waals surface area contributed by atoms with Gasteiger partial charge >= 0.3 is 11.9 Å². The molecule has 0 amide bonds. The van der Waals surface area contributed by atoms with Gasteiger partial charge in [0.25, 0.3) is 0 Å². The Morgan fingerprint density at radius 3 is 2.13 bits per heavy atom. The van der Waals surface area contributed by atoms with Gasteiger partial charge in [0, 0.05) is 37.7 Å². The van der Waals surface area contributed by atoms with Crippen LogP contribution in [0.15, 0.2) is 91.4 Å². The maximum atomic E-state index is 11.8. The van der Waals surface area contributed by atoms with E-state index < -0.39 is 0 Å². The maximum absolute atomic E-state index is 11.8. The van der Waals surface area contributed by atoms with E-state index in [1.165, 1.54) is 14.2 Å². The number of aromatic nitrogens is 4. The van der Waals surface area contributed by atoms with Crippen LogP contribution in [0.25, 0.3) is 28.2 Å². The number of carbonyl (C=O) groups excluding carboxylic acids is 2. The number of nitrogens with zero attached hydrogens (tertiary/aromatic N) is 4. The number of benzene rings is 2. The summed E-state index contributed by atoms with van der Waals surface area (Å²) in [5.74, 6) is 0.0372. The summed E-state index contributed by atoms with van der Waals surface area (Å²) in [5.41, 5.74) is 4.92. The quantitative estimate of drug-likeness (QED) is 0.291. The lowest BCUT2D eigenvalue weighted by Crippen LogP contribution is -2.23. The van der Waals surface area contributed by atoms with E-state index >= 15 is 0 Å². The number of carbonyl (C=O) groups is 2. The van der Waals surface area contributed by atoms with Crippen LogP contribution < -0.4 is 0 Å². The number of ether oxygens (including phenoxy) is 2. The summed E-state index contributed by atoms with van der Waals surface area (Å²) in [7, 11) is 2.80. The fourth-order valence-electron chi connectivity index (χ4n) is 4.63. The molecule has 0 radical (unpaired) electrons. The van der Waals surface area contributed by atoms with Gasteiger partial charge in [0.1, 0.15) is 17.3 Å². The van der Waals surface area contributed by atoms with Crippen molar-refractivity contribution in [3.8, 4) is 22.5 Å². The van der Waals surface area contributed by atoms with Gasteiger partial charge in [-0.3, -0.25) is 4.79 Å². The minimum atomic E-state index is -0.379. The van der Waals surface area contributed by atoms with Crippen LogP contribution in [0.3, 0.4) is 0 Å². The smallest absolute Gasteiger partial charge is 0.341 e. The number of imidazole rings is 2. The van der Waals surface area contributed by atoms with Crippen molar-refractivity contribution in [2.24, 2.45) is 0 Å². The van der Waals surface area contributed by atoms with Gasteiger partial charge in [-0.15, -0.1) is 0 Å². The second-order valence-electron chi connectivity index (χ2n) is 8.90. The van der Waals surface area contributed by atoms with E-state index in [4.69, 9.17) is 9.47 Å². The summed E-state index contributed by atoms with van der Waals surface area (Å²) in [4.78, 5) is 32.6. The Hall–Kier alpha value is -4.72. The van der Waals surface area contributed by atoms with E-state index in [0.717, 1.165) is 47.7 Å². The Labute approximate surface area is 222 Å². The third-order valence-corrected chi connectivity index (χ3v) is 6.52. The van der Waals surface area contributed by atoms with Gasteiger partial charge in [-0.05, 0) is 25.0 Å². The fourth-order valence-corrected chi connectivity index (χ4v) is 4.63. The lowest BCUT2D eigenvalue weighted by atomic mass is 9.99. The molecule has 5 aromatic rings. The predicted octanol–water partition coefficient (Wildman–Crippen LogP) is 5.63. The van der Waals surface area contributed by atoms with Crippen LogP contribution in [0.2, 0.25) is 0 Å². The van der Waals surface area contributed by atoms with Gasteiger partial charge in [-0.1, -0.05) is 60.7 Å². The first kappa shape index (κ1) is 25.0. The lowest BCUT2D eigenvalue weighted by molar-refractivity contribution is -0.143. The molecule has 6 rings (SSSR count). The topological polar surface area (TPSA) is 87.7 Å². The van der Waals surface area contributed by atoms with Crippen LogP contribution in [0.4, 0.5) is 0 Å². The minimum absolute atomic E-state index is 0. The summed E-state index contributed by atoms with van der Waals surface area (Å²) in [6.07, 6.45) is 7.59. The Morgan fingerprint density at radius 2 is 1.50 bits per heavy atom. The molecule has 0 aliphatic carbocycles. The zero-order valence-corrected chi connectivity index (χ0v) is 21.3. The number of fused-ring (bicyclic) bond motifs is 2.